The van der Waals surface area contributed by atoms with Crippen LogP contribution >= 0.6 is 11.6 Å². The monoisotopic (exact) mass is 604 g/mol. The van der Waals surface area contributed by atoms with Crippen LogP contribution in [0.3, 0.4) is 0 Å². The van der Waals surface area contributed by atoms with Gasteiger partial charge in [0, 0.05) is 37.2 Å². The first-order valence-electron chi connectivity index (χ1n) is 14.3. The maximum atomic E-state index is 14.8. The molecule has 2 aromatic heterocycles. The molecule has 2 aromatic carbocycles. The van der Waals surface area contributed by atoms with E-state index in [0.29, 0.717) is 40.8 Å². The molecule has 1 fully saturated rings. The van der Waals surface area contributed by atoms with Crippen LogP contribution in [0.15, 0.2) is 54.6 Å². The van der Waals surface area contributed by atoms with Gasteiger partial charge in [0.15, 0.2) is 22.8 Å². The summed E-state index contributed by atoms with van der Waals surface area (Å²) in [5.41, 5.74) is 3.53. The van der Waals surface area contributed by atoms with Crippen LogP contribution < -0.4 is 9.47 Å². The summed E-state index contributed by atoms with van der Waals surface area (Å²) in [5, 5.41) is 9.82. The molecule has 0 bridgehead atoms. The summed E-state index contributed by atoms with van der Waals surface area (Å²) in [7, 11) is 0. The number of imidazole rings is 1. The summed E-state index contributed by atoms with van der Waals surface area (Å²) in [4.78, 5) is 23.3. The first-order chi connectivity index (χ1) is 20.7. The molecule has 0 amide bonds. The van der Waals surface area contributed by atoms with E-state index in [-0.39, 0.29) is 23.4 Å². The van der Waals surface area contributed by atoms with Gasteiger partial charge in [0.25, 0.3) is 5.79 Å². The minimum Gasteiger partial charge on any atom is -0.477 e. The molecule has 4 aromatic rings. The second-order valence-electron chi connectivity index (χ2n) is 11.3. The second-order valence-corrected chi connectivity index (χ2v) is 11.7. The number of halogens is 2. The van der Waals surface area contributed by atoms with Gasteiger partial charge in [-0.05, 0) is 61.7 Å². The molecule has 1 saturated heterocycles. The van der Waals surface area contributed by atoms with Gasteiger partial charge in [-0.15, -0.1) is 0 Å². The third-order valence-corrected chi connectivity index (χ3v) is 8.76. The Balaban J connectivity index is 1.15. The van der Waals surface area contributed by atoms with Gasteiger partial charge in [0.2, 0.25) is 0 Å². The molecule has 5 heterocycles. The average Bonchev–Trinajstić information content (AvgIpc) is 3.51. The molecule has 3 aliphatic heterocycles. The van der Waals surface area contributed by atoms with E-state index >= 15 is 0 Å². The van der Waals surface area contributed by atoms with E-state index < -0.39 is 17.6 Å². The highest BCUT2D eigenvalue weighted by atomic mass is 35.5. The number of hydrogen-bond acceptors (Lipinski definition) is 7. The van der Waals surface area contributed by atoms with Crippen LogP contribution in [0, 0.1) is 5.82 Å². The Bertz CT molecular complexity index is 1790. The number of aromatic carboxylic acids is 1. The number of aromatic nitrogens is 3. The van der Waals surface area contributed by atoms with E-state index in [1.54, 1.807) is 25.1 Å². The van der Waals surface area contributed by atoms with E-state index in [2.05, 4.69) is 22.9 Å². The number of carboxylic acids is 1. The highest BCUT2D eigenvalue weighted by Gasteiger charge is 2.42. The normalized spacial score (nSPS) is 22.3. The number of fused-ring (bicyclic) bond motifs is 2. The van der Waals surface area contributed by atoms with Crippen molar-refractivity contribution in [2.45, 2.75) is 51.2 Å². The lowest BCUT2D eigenvalue weighted by molar-refractivity contribution is -0.0708. The summed E-state index contributed by atoms with van der Waals surface area (Å²) in [6, 6.07) is 13.4. The first-order valence-corrected chi connectivity index (χ1v) is 14.7. The Morgan fingerprint density at radius 1 is 1.21 bits per heavy atom. The van der Waals surface area contributed by atoms with Crippen LogP contribution in [0.25, 0.3) is 16.7 Å². The standard InChI is InChI=1S/C32H30ClFN4O5/c1-18(29-35-25-8-9-26(31(39)40)36-30(25)38(29)17-21-12-15-41-21)37-13-10-19(11-14-37)22-4-3-5-27-28(22)43-32(2,42-27)23-7-6-20(33)16-24(23)34/h3-10,16,18,21H,11-15,17H2,1-2H3,(H,39,40)/t18?,21-,32-/m0/s1. The van der Waals surface area contributed by atoms with Gasteiger partial charge in [-0.2, -0.15) is 0 Å². The molecule has 3 aliphatic rings. The number of carboxylic acid groups (broad SMARTS) is 1. The number of para-hydroxylation sites is 1. The quantitative estimate of drug-likeness (QED) is 0.266. The minimum atomic E-state index is -1.32. The Morgan fingerprint density at radius 3 is 2.74 bits per heavy atom. The van der Waals surface area contributed by atoms with E-state index in [1.807, 2.05) is 22.8 Å². The predicted molar refractivity (Wildman–Crippen MR) is 158 cm³/mol. The number of ether oxygens (including phenoxy) is 3. The minimum absolute atomic E-state index is 0.00980. The lowest BCUT2D eigenvalue weighted by Crippen LogP contribution is -2.35. The molecule has 43 heavy (non-hydrogen) atoms. The average molecular weight is 605 g/mol. The fourth-order valence-electron chi connectivity index (χ4n) is 6.06. The fraction of sp³-hybridized carbons (Fsp3) is 0.344. The van der Waals surface area contributed by atoms with Crippen LogP contribution in [0.4, 0.5) is 4.39 Å². The Hall–Kier alpha value is -3.99. The second kappa shape index (κ2) is 10.6. The van der Waals surface area contributed by atoms with Gasteiger partial charge in [0.1, 0.15) is 17.2 Å². The van der Waals surface area contributed by atoms with Crippen molar-refractivity contribution < 1.29 is 28.5 Å². The van der Waals surface area contributed by atoms with E-state index in [9.17, 15) is 14.3 Å². The third-order valence-electron chi connectivity index (χ3n) is 8.53. The van der Waals surface area contributed by atoms with Crippen molar-refractivity contribution in [2.24, 2.45) is 0 Å². The van der Waals surface area contributed by atoms with Crippen molar-refractivity contribution in [2.75, 3.05) is 19.7 Å². The van der Waals surface area contributed by atoms with Crippen LogP contribution in [0.5, 0.6) is 11.5 Å². The van der Waals surface area contributed by atoms with Crippen LogP contribution in [0.1, 0.15) is 60.2 Å². The molecular weight excluding hydrogens is 575 g/mol. The molecule has 11 heteroatoms. The van der Waals surface area contributed by atoms with Crippen LogP contribution in [-0.2, 0) is 17.1 Å². The first kappa shape index (κ1) is 27.8. The largest absolute Gasteiger partial charge is 0.477 e. The van der Waals surface area contributed by atoms with Gasteiger partial charge < -0.3 is 23.9 Å². The number of benzene rings is 2. The highest BCUT2D eigenvalue weighted by molar-refractivity contribution is 6.30. The van der Waals surface area contributed by atoms with Crippen LogP contribution in [0.2, 0.25) is 5.02 Å². The number of pyridine rings is 1. The summed E-state index contributed by atoms with van der Waals surface area (Å²) in [6.45, 7) is 6.54. The molecule has 0 spiro atoms. The maximum Gasteiger partial charge on any atom is 0.354 e. The van der Waals surface area contributed by atoms with Crippen LogP contribution in [-0.4, -0.2) is 56.3 Å². The molecule has 0 aliphatic carbocycles. The molecular formula is C32H30ClFN4O5. The Labute approximate surface area is 252 Å². The van der Waals surface area contributed by atoms with Crippen molar-refractivity contribution in [1.29, 1.82) is 0 Å². The zero-order chi connectivity index (χ0) is 29.9. The maximum absolute atomic E-state index is 14.8. The summed E-state index contributed by atoms with van der Waals surface area (Å²) in [5.74, 6) is -0.898. The van der Waals surface area contributed by atoms with Crippen molar-refractivity contribution >= 4 is 34.3 Å². The number of nitrogens with zero attached hydrogens (tertiary/aromatic N) is 4. The molecule has 0 radical (unpaired) electrons. The lowest BCUT2D eigenvalue weighted by atomic mass is 9.97. The molecule has 9 nitrogen and oxygen atoms in total. The summed E-state index contributed by atoms with van der Waals surface area (Å²) >= 11 is 5.97. The van der Waals surface area contributed by atoms with E-state index in [4.69, 9.17) is 30.8 Å². The van der Waals surface area contributed by atoms with E-state index in [0.717, 1.165) is 43.0 Å². The lowest BCUT2D eigenvalue weighted by Gasteiger charge is -2.33. The molecule has 0 saturated carbocycles. The fourth-order valence-corrected chi connectivity index (χ4v) is 6.22. The van der Waals surface area contributed by atoms with Crippen molar-refractivity contribution in [3.63, 3.8) is 0 Å². The highest BCUT2D eigenvalue weighted by Crippen LogP contribution is 2.49. The molecule has 1 unspecified atom stereocenters. The number of hydrogen-bond donors (Lipinski definition) is 1. The molecule has 222 valence electrons. The van der Waals surface area contributed by atoms with Crippen molar-refractivity contribution in [3.8, 4) is 11.5 Å². The Kier molecular flexibility index (Phi) is 6.87. The van der Waals surface area contributed by atoms with Gasteiger partial charge in [0.05, 0.1) is 24.3 Å². The topological polar surface area (TPSA) is 98.9 Å². The smallest absolute Gasteiger partial charge is 0.354 e. The van der Waals surface area contributed by atoms with Crippen molar-refractivity contribution in [1.82, 2.24) is 19.4 Å². The SMILES string of the molecule is CC(c1nc2ccc(C(=O)O)nc2n1C[C@@H]1CCO1)N1CC=C(c2cccc3c2O[C@@](C)(c2ccc(Cl)cc2F)O3)CC1. The van der Waals surface area contributed by atoms with Gasteiger partial charge in [-0.1, -0.05) is 29.8 Å². The van der Waals surface area contributed by atoms with Gasteiger partial charge >= 0.3 is 5.97 Å². The summed E-state index contributed by atoms with van der Waals surface area (Å²) in [6.07, 6.45) is 3.93. The third kappa shape index (κ3) is 4.93. The zero-order valence-electron chi connectivity index (χ0n) is 23.7. The van der Waals surface area contributed by atoms with Gasteiger partial charge in [-0.3, -0.25) is 4.90 Å². The molecule has 1 N–H and O–H groups in total. The summed E-state index contributed by atoms with van der Waals surface area (Å²) < 4.78 is 35.0. The predicted octanol–water partition coefficient (Wildman–Crippen LogP) is 6.21. The van der Waals surface area contributed by atoms with Gasteiger partial charge in [-0.25, -0.2) is 19.2 Å². The van der Waals surface area contributed by atoms with E-state index in [1.165, 1.54) is 12.1 Å². The number of carbonyl (C=O) groups is 1. The Morgan fingerprint density at radius 2 is 2.05 bits per heavy atom. The van der Waals surface area contributed by atoms with Crippen molar-refractivity contribution in [3.05, 3.63) is 88.1 Å². The number of rotatable bonds is 7. The zero-order valence-corrected chi connectivity index (χ0v) is 24.5. The molecule has 7 rings (SSSR count). The molecule has 3 atom stereocenters.